The third-order valence-electron chi connectivity index (χ3n) is 3.97. The molecular formula is C15H22BrNOS. The monoisotopic (exact) mass is 343 g/mol. The maximum Gasteiger partial charge on any atom is 0.0813 e. The van der Waals surface area contributed by atoms with Crippen LogP contribution in [0.15, 0.2) is 28.7 Å². The Hall–Kier alpha value is -0.0300. The normalized spacial score (nSPS) is 26.3. The van der Waals surface area contributed by atoms with Crippen molar-refractivity contribution in [3.8, 4) is 0 Å². The van der Waals surface area contributed by atoms with Gasteiger partial charge in [-0.05, 0) is 25.0 Å². The standard InChI is InChI=1S/C15H22BrNOS/c1-11-12(2)19-10-9-17(11)8-7-15(18)13-5-3-4-6-14(13)16/h3-6,11-12,15,18H,7-10H2,1-2H3. The van der Waals surface area contributed by atoms with Crippen molar-refractivity contribution in [2.45, 2.75) is 37.7 Å². The number of hydrogen-bond acceptors (Lipinski definition) is 3. The number of hydrogen-bond donors (Lipinski definition) is 1. The number of halogens is 1. The second-order valence-electron chi connectivity index (χ2n) is 5.18. The van der Waals surface area contributed by atoms with Crippen molar-refractivity contribution in [3.63, 3.8) is 0 Å². The Kier molecular flexibility index (Phi) is 5.75. The molecule has 0 amide bonds. The highest BCUT2D eigenvalue weighted by atomic mass is 79.9. The lowest BCUT2D eigenvalue weighted by Gasteiger charge is -2.37. The van der Waals surface area contributed by atoms with Gasteiger partial charge in [-0.2, -0.15) is 11.8 Å². The predicted molar refractivity (Wildman–Crippen MR) is 86.7 cm³/mol. The van der Waals surface area contributed by atoms with Crippen LogP contribution in [0.2, 0.25) is 0 Å². The third-order valence-corrected chi connectivity index (χ3v) is 6.03. The van der Waals surface area contributed by atoms with Gasteiger partial charge in [0.15, 0.2) is 0 Å². The van der Waals surface area contributed by atoms with E-state index in [0.29, 0.717) is 11.3 Å². The lowest BCUT2D eigenvalue weighted by Crippen LogP contribution is -2.45. The van der Waals surface area contributed by atoms with Gasteiger partial charge in [-0.1, -0.05) is 41.1 Å². The quantitative estimate of drug-likeness (QED) is 0.901. The molecule has 0 saturated carbocycles. The predicted octanol–water partition coefficient (Wildman–Crippen LogP) is 3.70. The van der Waals surface area contributed by atoms with Crippen molar-refractivity contribution < 1.29 is 5.11 Å². The van der Waals surface area contributed by atoms with Gasteiger partial charge < -0.3 is 5.11 Å². The Bertz CT molecular complexity index is 415. The maximum absolute atomic E-state index is 10.3. The first-order valence-corrected chi connectivity index (χ1v) is 8.72. The first-order chi connectivity index (χ1) is 9.09. The zero-order chi connectivity index (χ0) is 13.8. The van der Waals surface area contributed by atoms with Crippen molar-refractivity contribution in [1.29, 1.82) is 0 Å². The van der Waals surface area contributed by atoms with Crippen LogP contribution in [0.3, 0.4) is 0 Å². The van der Waals surface area contributed by atoms with Crippen LogP contribution in [0.1, 0.15) is 31.9 Å². The average Bonchev–Trinajstić information content (AvgIpc) is 2.40. The Morgan fingerprint density at radius 3 is 2.89 bits per heavy atom. The van der Waals surface area contributed by atoms with E-state index < -0.39 is 0 Å². The molecule has 0 spiro atoms. The summed E-state index contributed by atoms with van der Waals surface area (Å²) in [6.45, 7) is 6.70. The van der Waals surface area contributed by atoms with E-state index in [4.69, 9.17) is 0 Å². The summed E-state index contributed by atoms with van der Waals surface area (Å²) in [7, 11) is 0. The molecule has 1 N–H and O–H groups in total. The summed E-state index contributed by atoms with van der Waals surface area (Å²) in [5.74, 6) is 1.20. The van der Waals surface area contributed by atoms with Gasteiger partial charge in [0.1, 0.15) is 0 Å². The summed E-state index contributed by atoms with van der Waals surface area (Å²) >= 11 is 5.56. The second-order valence-corrected chi connectivity index (χ2v) is 7.52. The molecule has 2 nitrogen and oxygen atoms in total. The minimum absolute atomic E-state index is 0.382. The topological polar surface area (TPSA) is 23.5 Å². The molecule has 1 aromatic carbocycles. The largest absolute Gasteiger partial charge is 0.388 e. The molecule has 4 heteroatoms. The molecule has 19 heavy (non-hydrogen) atoms. The molecule has 1 aliphatic rings. The molecular weight excluding hydrogens is 322 g/mol. The van der Waals surface area contributed by atoms with E-state index in [1.54, 1.807) is 0 Å². The molecule has 0 aliphatic carbocycles. The lowest BCUT2D eigenvalue weighted by atomic mass is 10.1. The summed E-state index contributed by atoms with van der Waals surface area (Å²) in [6, 6.07) is 8.54. The van der Waals surface area contributed by atoms with Crippen LogP contribution in [0, 0.1) is 0 Å². The average molecular weight is 344 g/mol. The molecule has 2 rings (SSSR count). The van der Waals surface area contributed by atoms with E-state index in [9.17, 15) is 5.11 Å². The molecule has 1 aromatic rings. The number of aliphatic hydroxyl groups excluding tert-OH is 1. The van der Waals surface area contributed by atoms with E-state index in [0.717, 1.165) is 29.5 Å². The molecule has 1 saturated heterocycles. The third kappa shape index (κ3) is 3.97. The number of aliphatic hydroxyl groups is 1. The molecule has 3 unspecified atom stereocenters. The van der Waals surface area contributed by atoms with Crippen LogP contribution < -0.4 is 0 Å². The fraction of sp³-hybridized carbons (Fsp3) is 0.600. The fourth-order valence-corrected chi connectivity index (χ4v) is 4.21. The molecule has 0 radical (unpaired) electrons. The van der Waals surface area contributed by atoms with Gasteiger partial charge in [0.2, 0.25) is 0 Å². The highest BCUT2D eigenvalue weighted by Gasteiger charge is 2.25. The molecule has 3 atom stereocenters. The summed E-state index contributed by atoms with van der Waals surface area (Å²) < 4.78 is 0.998. The van der Waals surface area contributed by atoms with Crippen molar-refractivity contribution >= 4 is 27.7 Å². The van der Waals surface area contributed by atoms with Crippen LogP contribution in [0.5, 0.6) is 0 Å². The lowest BCUT2D eigenvalue weighted by molar-refractivity contribution is 0.127. The van der Waals surface area contributed by atoms with Crippen LogP contribution in [0.4, 0.5) is 0 Å². The number of rotatable bonds is 4. The van der Waals surface area contributed by atoms with Gasteiger partial charge in [0, 0.05) is 34.6 Å². The molecule has 1 aliphatic heterocycles. The number of nitrogens with zero attached hydrogens (tertiary/aromatic N) is 1. The molecule has 1 fully saturated rings. The Labute approximate surface area is 128 Å². The van der Waals surface area contributed by atoms with Gasteiger partial charge in [-0.25, -0.2) is 0 Å². The van der Waals surface area contributed by atoms with E-state index in [-0.39, 0.29) is 6.10 Å². The van der Waals surface area contributed by atoms with Gasteiger partial charge >= 0.3 is 0 Å². The minimum atomic E-state index is -0.382. The van der Waals surface area contributed by atoms with E-state index >= 15 is 0 Å². The van der Waals surface area contributed by atoms with Gasteiger partial charge in [0.25, 0.3) is 0 Å². The smallest absolute Gasteiger partial charge is 0.0813 e. The molecule has 0 bridgehead atoms. The summed E-state index contributed by atoms with van der Waals surface area (Å²) in [5, 5.41) is 11.0. The van der Waals surface area contributed by atoms with Crippen LogP contribution in [-0.4, -0.2) is 40.1 Å². The Morgan fingerprint density at radius 2 is 2.16 bits per heavy atom. The molecule has 106 valence electrons. The zero-order valence-corrected chi connectivity index (χ0v) is 14.0. The number of benzene rings is 1. The first kappa shape index (κ1) is 15.4. The van der Waals surface area contributed by atoms with Gasteiger partial charge in [-0.3, -0.25) is 4.90 Å². The first-order valence-electron chi connectivity index (χ1n) is 6.87. The number of thioether (sulfide) groups is 1. The molecule has 0 aromatic heterocycles. The Balaban J connectivity index is 1.90. The summed E-state index contributed by atoms with van der Waals surface area (Å²) in [6.07, 6.45) is 0.414. The Morgan fingerprint density at radius 1 is 1.42 bits per heavy atom. The fourth-order valence-electron chi connectivity index (χ4n) is 2.50. The van der Waals surface area contributed by atoms with Crippen LogP contribution >= 0.6 is 27.7 Å². The highest BCUT2D eigenvalue weighted by molar-refractivity contribution is 9.10. The van der Waals surface area contributed by atoms with Crippen molar-refractivity contribution in [2.75, 3.05) is 18.8 Å². The van der Waals surface area contributed by atoms with Gasteiger partial charge in [-0.15, -0.1) is 0 Å². The second kappa shape index (κ2) is 7.11. The van der Waals surface area contributed by atoms with Crippen LogP contribution in [0.25, 0.3) is 0 Å². The minimum Gasteiger partial charge on any atom is -0.388 e. The maximum atomic E-state index is 10.3. The van der Waals surface area contributed by atoms with E-state index in [2.05, 4.69) is 46.4 Å². The zero-order valence-electron chi connectivity index (χ0n) is 11.6. The van der Waals surface area contributed by atoms with Crippen LogP contribution in [-0.2, 0) is 0 Å². The van der Waals surface area contributed by atoms with Crippen molar-refractivity contribution in [3.05, 3.63) is 34.3 Å². The highest BCUT2D eigenvalue weighted by Crippen LogP contribution is 2.28. The van der Waals surface area contributed by atoms with Crippen molar-refractivity contribution in [2.24, 2.45) is 0 Å². The summed E-state index contributed by atoms with van der Waals surface area (Å²) in [4.78, 5) is 2.50. The van der Waals surface area contributed by atoms with Crippen molar-refractivity contribution in [1.82, 2.24) is 4.90 Å². The SMILES string of the molecule is CC1SCCN(CCC(O)c2ccccc2Br)C1C. The van der Waals surface area contributed by atoms with Gasteiger partial charge in [0.05, 0.1) is 6.10 Å². The van der Waals surface area contributed by atoms with E-state index in [1.807, 2.05) is 24.3 Å². The molecule has 1 heterocycles. The summed E-state index contributed by atoms with van der Waals surface area (Å²) in [5.41, 5.74) is 0.995. The van der Waals surface area contributed by atoms with E-state index in [1.165, 1.54) is 5.75 Å².